The fourth-order valence-electron chi connectivity index (χ4n) is 2.86. The predicted molar refractivity (Wildman–Crippen MR) is 105 cm³/mol. The SMILES string of the molecule is NC(=O)c1cc2c([nH]c3ccccc32)c(C(=O)NNc2ccc(Cl)cc2)n1. The maximum absolute atomic E-state index is 12.7. The van der Waals surface area contributed by atoms with Crippen molar-refractivity contribution in [1.82, 2.24) is 15.4 Å². The Balaban J connectivity index is 1.75. The van der Waals surface area contributed by atoms with E-state index in [4.69, 9.17) is 17.3 Å². The average molecular weight is 380 g/mol. The molecule has 0 unspecified atom stereocenters. The number of rotatable bonds is 4. The molecule has 0 spiro atoms. The number of benzene rings is 2. The standard InChI is InChI=1S/C19H14ClN5O2/c20-10-5-7-11(8-6-10)24-25-19(27)17-16-13(9-15(23-17)18(21)26)12-3-1-2-4-14(12)22-16/h1-9,22,24H,(H2,21,26)(H,25,27). The highest BCUT2D eigenvalue weighted by Crippen LogP contribution is 2.27. The van der Waals surface area contributed by atoms with Crippen molar-refractivity contribution in [2.75, 3.05) is 5.43 Å². The number of carbonyl (C=O) groups excluding carboxylic acids is 2. The van der Waals surface area contributed by atoms with Gasteiger partial charge in [0.2, 0.25) is 0 Å². The minimum absolute atomic E-state index is 0.0175. The van der Waals surface area contributed by atoms with Gasteiger partial charge in [-0.05, 0) is 36.4 Å². The van der Waals surface area contributed by atoms with Crippen LogP contribution in [0, 0.1) is 0 Å². The number of nitrogens with one attached hydrogen (secondary N) is 3. The lowest BCUT2D eigenvalue weighted by Crippen LogP contribution is -2.31. The van der Waals surface area contributed by atoms with Crippen molar-refractivity contribution < 1.29 is 9.59 Å². The first kappa shape index (κ1) is 16.9. The average Bonchev–Trinajstić information content (AvgIpc) is 3.05. The van der Waals surface area contributed by atoms with Crippen LogP contribution in [0.2, 0.25) is 5.02 Å². The molecule has 0 bridgehead atoms. The van der Waals surface area contributed by atoms with Gasteiger partial charge in [-0.1, -0.05) is 29.8 Å². The van der Waals surface area contributed by atoms with Crippen molar-refractivity contribution in [2.24, 2.45) is 5.73 Å². The number of amides is 2. The van der Waals surface area contributed by atoms with Gasteiger partial charge in [0.15, 0.2) is 5.69 Å². The monoisotopic (exact) mass is 379 g/mol. The summed E-state index contributed by atoms with van der Waals surface area (Å²) in [6, 6.07) is 15.9. The Labute approximate surface area is 158 Å². The van der Waals surface area contributed by atoms with Crippen molar-refractivity contribution in [1.29, 1.82) is 0 Å². The molecule has 0 aliphatic carbocycles. The number of hydrazine groups is 1. The second-order valence-electron chi connectivity index (χ2n) is 5.90. The van der Waals surface area contributed by atoms with E-state index < -0.39 is 11.8 Å². The van der Waals surface area contributed by atoms with Crippen LogP contribution in [0.5, 0.6) is 0 Å². The number of nitrogens with zero attached hydrogens (tertiary/aromatic N) is 1. The molecule has 7 nitrogen and oxygen atoms in total. The fourth-order valence-corrected chi connectivity index (χ4v) is 2.98. The summed E-state index contributed by atoms with van der Waals surface area (Å²) in [4.78, 5) is 31.7. The Morgan fingerprint density at radius 1 is 1.04 bits per heavy atom. The molecule has 0 saturated carbocycles. The lowest BCUT2D eigenvalue weighted by atomic mass is 10.1. The highest BCUT2D eigenvalue weighted by molar-refractivity contribution is 6.30. The van der Waals surface area contributed by atoms with Gasteiger partial charge in [-0.3, -0.25) is 20.4 Å². The van der Waals surface area contributed by atoms with Gasteiger partial charge in [0.1, 0.15) is 5.69 Å². The van der Waals surface area contributed by atoms with E-state index in [9.17, 15) is 9.59 Å². The third kappa shape index (κ3) is 3.16. The molecule has 2 aromatic carbocycles. The number of primary amides is 1. The summed E-state index contributed by atoms with van der Waals surface area (Å²) in [7, 11) is 0. The zero-order chi connectivity index (χ0) is 19.0. The van der Waals surface area contributed by atoms with Crippen LogP contribution in [0.15, 0.2) is 54.6 Å². The van der Waals surface area contributed by atoms with Crippen LogP contribution in [-0.4, -0.2) is 21.8 Å². The summed E-state index contributed by atoms with van der Waals surface area (Å²) < 4.78 is 0. The Bertz CT molecular complexity index is 1180. The maximum Gasteiger partial charge on any atom is 0.290 e. The van der Waals surface area contributed by atoms with Gasteiger partial charge in [0, 0.05) is 21.3 Å². The Hall–Kier alpha value is -3.58. The van der Waals surface area contributed by atoms with Crippen molar-refractivity contribution in [3.05, 3.63) is 71.0 Å². The number of aromatic nitrogens is 2. The van der Waals surface area contributed by atoms with E-state index in [-0.39, 0.29) is 11.4 Å². The number of hydrogen-bond acceptors (Lipinski definition) is 4. The third-order valence-corrected chi connectivity index (χ3v) is 4.38. The van der Waals surface area contributed by atoms with Crippen molar-refractivity contribution >= 4 is 50.9 Å². The van der Waals surface area contributed by atoms with Crippen molar-refractivity contribution in [2.45, 2.75) is 0 Å². The van der Waals surface area contributed by atoms with E-state index in [1.807, 2.05) is 24.3 Å². The molecular weight excluding hydrogens is 366 g/mol. The van der Waals surface area contributed by atoms with Gasteiger partial charge in [-0.15, -0.1) is 0 Å². The first-order valence-corrected chi connectivity index (χ1v) is 8.44. The number of para-hydroxylation sites is 1. The second kappa shape index (κ2) is 6.62. The molecule has 2 aromatic heterocycles. The third-order valence-electron chi connectivity index (χ3n) is 4.13. The number of anilines is 1. The summed E-state index contributed by atoms with van der Waals surface area (Å²) in [6.07, 6.45) is 0. The van der Waals surface area contributed by atoms with E-state index in [1.165, 1.54) is 0 Å². The summed E-state index contributed by atoms with van der Waals surface area (Å²) in [5, 5.41) is 2.16. The molecule has 0 saturated heterocycles. The number of carbonyl (C=O) groups is 2. The van der Waals surface area contributed by atoms with Gasteiger partial charge >= 0.3 is 0 Å². The highest BCUT2D eigenvalue weighted by Gasteiger charge is 2.19. The molecule has 134 valence electrons. The highest BCUT2D eigenvalue weighted by atomic mass is 35.5. The maximum atomic E-state index is 12.7. The number of hydrogen-bond donors (Lipinski definition) is 4. The van der Waals surface area contributed by atoms with Gasteiger partial charge in [-0.2, -0.15) is 0 Å². The Kier molecular flexibility index (Phi) is 4.13. The smallest absolute Gasteiger partial charge is 0.290 e. The van der Waals surface area contributed by atoms with E-state index in [1.54, 1.807) is 30.3 Å². The predicted octanol–water partition coefficient (Wildman–Crippen LogP) is 3.23. The van der Waals surface area contributed by atoms with Crippen LogP contribution >= 0.6 is 11.6 Å². The normalized spacial score (nSPS) is 10.9. The summed E-state index contributed by atoms with van der Waals surface area (Å²) >= 11 is 5.85. The van der Waals surface area contributed by atoms with E-state index >= 15 is 0 Å². The van der Waals surface area contributed by atoms with Gasteiger partial charge in [0.05, 0.1) is 11.2 Å². The molecule has 5 N–H and O–H groups in total. The Morgan fingerprint density at radius 2 is 1.78 bits per heavy atom. The molecule has 2 amide bonds. The van der Waals surface area contributed by atoms with Crippen LogP contribution in [0.25, 0.3) is 21.8 Å². The fraction of sp³-hybridized carbons (Fsp3) is 0. The van der Waals surface area contributed by atoms with E-state index in [0.717, 1.165) is 10.9 Å². The number of nitrogens with two attached hydrogens (primary N) is 1. The van der Waals surface area contributed by atoms with E-state index in [0.29, 0.717) is 21.6 Å². The number of aromatic amines is 1. The summed E-state index contributed by atoms with van der Waals surface area (Å²) in [5.41, 5.74) is 12.8. The molecule has 27 heavy (non-hydrogen) atoms. The number of H-pyrrole nitrogens is 1. The topological polar surface area (TPSA) is 113 Å². The number of fused-ring (bicyclic) bond motifs is 3. The number of halogens is 1. The first-order chi connectivity index (χ1) is 13.0. The van der Waals surface area contributed by atoms with Crippen molar-refractivity contribution in [3.63, 3.8) is 0 Å². The number of pyridine rings is 1. The molecule has 0 atom stereocenters. The van der Waals surface area contributed by atoms with Crippen molar-refractivity contribution in [3.8, 4) is 0 Å². The first-order valence-electron chi connectivity index (χ1n) is 8.06. The molecule has 2 heterocycles. The van der Waals surface area contributed by atoms with Gasteiger partial charge in [0.25, 0.3) is 11.8 Å². The van der Waals surface area contributed by atoms with E-state index in [2.05, 4.69) is 20.8 Å². The zero-order valence-electron chi connectivity index (χ0n) is 13.9. The molecule has 0 aliphatic heterocycles. The molecule has 4 aromatic rings. The van der Waals surface area contributed by atoms with Gasteiger partial charge < -0.3 is 10.7 Å². The molecule has 8 heteroatoms. The van der Waals surface area contributed by atoms with Crippen LogP contribution in [0.3, 0.4) is 0 Å². The molecular formula is C19H14ClN5O2. The molecule has 0 fully saturated rings. The molecule has 4 rings (SSSR count). The lowest BCUT2D eigenvalue weighted by molar-refractivity contribution is 0.0959. The quantitative estimate of drug-likeness (QED) is 0.408. The largest absolute Gasteiger partial charge is 0.364 e. The molecule has 0 radical (unpaired) electrons. The second-order valence-corrected chi connectivity index (χ2v) is 6.34. The van der Waals surface area contributed by atoms with Crippen LogP contribution < -0.4 is 16.6 Å². The van der Waals surface area contributed by atoms with Crippen LogP contribution in [-0.2, 0) is 0 Å². The minimum atomic E-state index is -0.707. The molecule has 0 aliphatic rings. The summed E-state index contributed by atoms with van der Waals surface area (Å²) in [6.45, 7) is 0. The zero-order valence-corrected chi connectivity index (χ0v) is 14.7. The minimum Gasteiger partial charge on any atom is -0.364 e. The summed E-state index contributed by atoms with van der Waals surface area (Å²) in [5.74, 6) is -1.22. The van der Waals surface area contributed by atoms with Crippen LogP contribution in [0.1, 0.15) is 21.0 Å². The lowest BCUT2D eigenvalue weighted by Gasteiger charge is -2.09. The van der Waals surface area contributed by atoms with Crippen LogP contribution in [0.4, 0.5) is 5.69 Å². The van der Waals surface area contributed by atoms with Gasteiger partial charge in [-0.25, -0.2) is 4.98 Å². The Morgan fingerprint density at radius 3 is 2.52 bits per heavy atom.